The summed E-state index contributed by atoms with van der Waals surface area (Å²) in [5.74, 6) is 1.52. The van der Waals surface area contributed by atoms with Crippen molar-refractivity contribution in [2.24, 2.45) is 0 Å². The molecule has 1 aliphatic heterocycles. The average Bonchev–Trinajstić information content (AvgIpc) is 3.46. The second-order valence-corrected chi connectivity index (χ2v) is 9.81. The Morgan fingerprint density at radius 2 is 1.97 bits per heavy atom. The largest absolute Gasteiger partial charge is 0.465 e. The molecule has 0 bridgehead atoms. The van der Waals surface area contributed by atoms with Gasteiger partial charge in [-0.05, 0) is 61.0 Å². The predicted molar refractivity (Wildman–Crippen MR) is 115 cm³/mol. The first-order valence-corrected chi connectivity index (χ1v) is 11.7. The maximum absolute atomic E-state index is 12.9. The molecule has 0 saturated carbocycles. The Morgan fingerprint density at radius 1 is 1.17 bits per heavy atom. The van der Waals surface area contributed by atoms with E-state index in [1.807, 2.05) is 18.2 Å². The number of halogens is 1. The van der Waals surface area contributed by atoms with Crippen LogP contribution in [0, 0.1) is 0 Å². The molecule has 8 heteroatoms. The van der Waals surface area contributed by atoms with Crippen molar-refractivity contribution in [1.29, 1.82) is 0 Å². The molecule has 1 amide bonds. The highest BCUT2D eigenvalue weighted by molar-refractivity contribution is 7.91. The minimum atomic E-state index is -3.15. The lowest BCUT2D eigenvalue weighted by Gasteiger charge is -2.26. The highest BCUT2D eigenvalue weighted by atomic mass is 35.5. The van der Waals surface area contributed by atoms with E-state index in [1.165, 1.54) is 12.3 Å². The number of benzene rings is 1. The third-order valence-corrected chi connectivity index (χ3v) is 6.98. The van der Waals surface area contributed by atoms with Crippen molar-refractivity contribution < 1.29 is 22.0 Å². The van der Waals surface area contributed by atoms with Gasteiger partial charge in [-0.15, -0.1) is 0 Å². The monoisotopic (exact) mass is 445 g/mol. The summed E-state index contributed by atoms with van der Waals surface area (Å²) in [4.78, 5) is 14.5. The van der Waals surface area contributed by atoms with Crippen LogP contribution in [0.25, 0.3) is 17.4 Å². The molecule has 1 fully saturated rings. The number of rotatable bonds is 6. The molecule has 6 nitrogen and oxygen atoms in total. The van der Waals surface area contributed by atoms with E-state index in [0.29, 0.717) is 28.7 Å². The summed E-state index contributed by atoms with van der Waals surface area (Å²) >= 11 is 5.93. The molecule has 0 radical (unpaired) electrons. The van der Waals surface area contributed by atoms with Gasteiger partial charge in [0.15, 0.2) is 9.84 Å². The number of sulfone groups is 1. The summed E-state index contributed by atoms with van der Waals surface area (Å²) in [5.41, 5.74) is 0.865. The van der Waals surface area contributed by atoms with Crippen LogP contribution in [0.15, 0.2) is 69.7 Å². The fourth-order valence-corrected chi connectivity index (χ4v) is 5.30. The Hall–Kier alpha value is -2.77. The van der Waals surface area contributed by atoms with Crippen molar-refractivity contribution in [3.63, 3.8) is 0 Å². The van der Waals surface area contributed by atoms with Gasteiger partial charge in [0.05, 0.1) is 24.3 Å². The van der Waals surface area contributed by atoms with Gasteiger partial charge in [0.25, 0.3) is 0 Å². The van der Waals surface area contributed by atoms with Crippen molar-refractivity contribution >= 4 is 33.4 Å². The number of carbonyl (C=O) groups is 1. The molecule has 3 aromatic rings. The third kappa shape index (κ3) is 4.86. The number of nitrogens with zero attached hydrogens (tertiary/aromatic N) is 1. The van der Waals surface area contributed by atoms with Crippen LogP contribution in [0.5, 0.6) is 0 Å². The van der Waals surface area contributed by atoms with E-state index in [4.69, 9.17) is 20.4 Å². The molecule has 2 aromatic heterocycles. The standard InChI is InChI=1S/C22H20ClNO5S/c23-17-5-3-16(4-6-17)21-9-7-20(29-21)14-24(18-11-13-30(26,27)15-18)22(25)10-8-19-2-1-12-28-19/h1-10,12,18H,11,13-15H2. The minimum Gasteiger partial charge on any atom is -0.465 e. The summed E-state index contributed by atoms with van der Waals surface area (Å²) in [6.45, 7) is 0.176. The number of hydrogen-bond acceptors (Lipinski definition) is 5. The maximum Gasteiger partial charge on any atom is 0.247 e. The van der Waals surface area contributed by atoms with Crippen LogP contribution in [0.2, 0.25) is 5.02 Å². The zero-order chi connectivity index (χ0) is 21.1. The molecular weight excluding hydrogens is 426 g/mol. The quantitative estimate of drug-likeness (QED) is 0.524. The van der Waals surface area contributed by atoms with Gasteiger partial charge in [-0.2, -0.15) is 0 Å². The Morgan fingerprint density at radius 3 is 2.63 bits per heavy atom. The lowest BCUT2D eigenvalue weighted by molar-refractivity contribution is -0.128. The van der Waals surface area contributed by atoms with Crippen molar-refractivity contribution in [3.8, 4) is 11.3 Å². The third-order valence-electron chi connectivity index (χ3n) is 4.98. The minimum absolute atomic E-state index is 0.0436. The molecule has 0 N–H and O–H groups in total. The predicted octanol–water partition coefficient (Wildman–Crippen LogP) is 4.42. The van der Waals surface area contributed by atoms with Crippen LogP contribution >= 0.6 is 11.6 Å². The van der Waals surface area contributed by atoms with Gasteiger partial charge < -0.3 is 13.7 Å². The highest BCUT2D eigenvalue weighted by Crippen LogP contribution is 2.26. The van der Waals surface area contributed by atoms with Crippen molar-refractivity contribution in [2.45, 2.75) is 19.0 Å². The van der Waals surface area contributed by atoms with Crippen LogP contribution in [-0.4, -0.2) is 36.8 Å². The number of hydrogen-bond donors (Lipinski definition) is 0. The summed E-state index contributed by atoms with van der Waals surface area (Å²) in [6.07, 6.45) is 4.90. The number of carbonyl (C=O) groups excluding carboxylic acids is 1. The normalized spacial score (nSPS) is 18.1. The molecule has 1 atom stereocenters. The van der Waals surface area contributed by atoms with Crippen LogP contribution in [0.3, 0.4) is 0 Å². The van der Waals surface area contributed by atoms with E-state index in [9.17, 15) is 13.2 Å². The average molecular weight is 446 g/mol. The topological polar surface area (TPSA) is 80.7 Å². The molecule has 0 spiro atoms. The molecule has 1 saturated heterocycles. The summed E-state index contributed by atoms with van der Waals surface area (Å²) < 4.78 is 35.1. The molecule has 4 rings (SSSR count). The van der Waals surface area contributed by atoms with Gasteiger partial charge in [0.1, 0.15) is 17.3 Å². The van der Waals surface area contributed by atoms with Crippen LogP contribution in [0.1, 0.15) is 17.9 Å². The second kappa shape index (κ2) is 8.53. The van der Waals surface area contributed by atoms with E-state index < -0.39 is 15.9 Å². The molecule has 156 valence electrons. The molecule has 0 aliphatic carbocycles. The first kappa shape index (κ1) is 20.5. The fraction of sp³-hybridized carbons (Fsp3) is 0.227. The Bertz CT molecular complexity index is 1150. The molecule has 1 aromatic carbocycles. The van der Waals surface area contributed by atoms with E-state index >= 15 is 0 Å². The van der Waals surface area contributed by atoms with Gasteiger partial charge in [-0.1, -0.05) is 11.6 Å². The number of furan rings is 2. The molecular formula is C22H20ClNO5S. The van der Waals surface area contributed by atoms with Gasteiger partial charge in [-0.3, -0.25) is 4.79 Å². The lowest BCUT2D eigenvalue weighted by Crippen LogP contribution is -2.39. The van der Waals surface area contributed by atoms with Crippen molar-refractivity contribution in [1.82, 2.24) is 4.90 Å². The summed E-state index contributed by atoms with van der Waals surface area (Å²) in [6, 6.07) is 13.9. The van der Waals surface area contributed by atoms with Crippen LogP contribution < -0.4 is 0 Å². The Balaban J connectivity index is 1.55. The van der Waals surface area contributed by atoms with Crippen LogP contribution in [0.4, 0.5) is 0 Å². The zero-order valence-electron chi connectivity index (χ0n) is 16.0. The maximum atomic E-state index is 12.9. The van der Waals surface area contributed by atoms with Gasteiger partial charge in [0, 0.05) is 22.7 Å². The zero-order valence-corrected chi connectivity index (χ0v) is 17.6. The second-order valence-electron chi connectivity index (χ2n) is 7.14. The van der Waals surface area contributed by atoms with Crippen LogP contribution in [-0.2, 0) is 21.2 Å². The molecule has 1 unspecified atom stereocenters. The number of amides is 1. The first-order valence-electron chi connectivity index (χ1n) is 9.47. The summed E-state index contributed by atoms with van der Waals surface area (Å²) in [5, 5.41) is 0.632. The first-order chi connectivity index (χ1) is 14.4. The van der Waals surface area contributed by atoms with E-state index in [0.717, 1.165) is 5.56 Å². The van der Waals surface area contributed by atoms with Gasteiger partial charge in [-0.25, -0.2) is 8.42 Å². The van der Waals surface area contributed by atoms with E-state index in [2.05, 4.69) is 0 Å². The highest BCUT2D eigenvalue weighted by Gasteiger charge is 2.34. The fourth-order valence-electron chi connectivity index (χ4n) is 3.44. The molecule has 30 heavy (non-hydrogen) atoms. The van der Waals surface area contributed by atoms with Crippen molar-refractivity contribution in [3.05, 3.63) is 77.4 Å². The Labute approximate surface area is 179 Å². The summed E-state index contributed by atoms with van der Waals surface area (Å²) in [7, 11) is -3.15. The molecule has 3 heterocycles. The smallest absolute Gasteiger partial charge is 0.247 e. The van der Waals surface area contributed by atoms with Crippen molar-refractivity contribution in [2.75, 3.05) is 11.5 Å². The Kier molecular flexibility index (Phi) is 5.83. The van der Waals surface area contributed by atoms with Gasteiger partial charge >= 0.3 is 0 Å². The molecule has 1 aliphatic rings. The SMILES string of the molecule is O=C(C=Cc1ccco1)N(Cc1ccc(-c2ccc(Cl)cc2)o1)C1CCS(=O)(=O)C1. The van der Waals surface area contributed by atoms with Gasteiger partial charge in [0.2, 0.25) is 5.91 Å². The lowest BCUT2D eigenvalue weighted by atomic mass is 10.2. The van der Waals surface area contributed by atoms with E-state index in [-0.39, 0.29) is 24.0 Å². The van der Waals surface area contributed by atoms with E-state index in [1.54, 1.807) is 41.3 Å².